The van der Waals surface area contributed by atoms with E-state index in [4.69, 9.17) is 8.83 Å². The maximum Gasteiger partial charge on any atom is 0.146 e. The number of thiophene rings is 2. The molecule has 97 heavy (non-hydrogen) atoms. The minimum absolute atomic E-state index is 0.841. The Morgan fingerprint density at radius 2 is 0.546 bits per heavy atom. The first-order chi connectivity index (χ1) is 48.1. The normalized spacial score (nSPS) is 12.5. The van der Waals surface area contributed by atoms with Gasteiger partial charge in [0.1, 0.15) is 22.3 Å². The zero-order valence-corrected chi connectivity index (χ0v) is 53.4. The second kappa shape index (κ2) is 19.2. The first-order valence-electron chi connectivity index (χ1n) is 33.1. The summed E-state index contributed by atoms with van der Waals surface area (Å²) in [5.41, 5.74) is 18.1. The van der Waals surface area contributed by atoms with Crippen LogP contribution < -0.4 is 0 Å². The van der Waals surface area contributed by atoms with Crippen LogP contribution in [0.5, 0.6) is 0 Å². The number of aromatic nitrogens is 3. The highest BCUT2D eigenvalue weighted by atomic mass is 32.1. The maximum absolute atomic E-state index is 7.47. The van der Waals surface area contributed by atoms with Crippen LogP contribution in [0.15, 0.2) is 306 Å². The summed E-state index contributed by atoms with van der Waals surface area (Å²) in [5, 5.41) is 23.9. The summed E-state index contributed by atoms with van der Waals surface area (Å²) in [6, 6.07) is 110. The molecule has 0 saturated carbocycles. The van der Waals surface area contributed by atoms with Gasteiger partial charge < -0.3 is 22.5 Å². The topological polar surface area (TPSA) is 41.1 Å². The monoisotopic (exact) mass is 1270 g/mol. The minimum atomic E-state index is 0.841. The van der Waals surface area contributed by atoms with Crippen LogP contribution in [0.4, 0.5) is 0 Å². The Kier molecular flexibility index (Phi) is 10.3. The van der Waals surface area contributed by atoms with Crippen LogP contribution in [0.3, 0.4) is 0 Å². The van der Waals surface area contributed by atoms with Gasteiger partial charge in [-0.15, -0.1) is 22.7 Å². The summed E-state index contributed by atoms with van der Waals surface area (Å²) in [7, 11) is 0. The van der Waals surface area contributed by atoms with E-state index in [0.29, 0.717) is 0 Å². The van der Waals surface area contributed by atoms with Crippen LogP contribution >= 0.6 is 22.7 Å². The van der Waals surface area contributed by atoms with Crippen molar-refractivity contribution in [2.75, 3.05) is 0 Å². The molecule has 0 saturated heterocycles. The fraction of sp³-hybridized carbons (Fsp3) is 0. The van der Waals surface area contributed by atoms with Gasteiger partial charge in [0.2, 0.25) is 0 Å². The third-order valence-electron chi connectivity index (χ3n) is 21.2. The molecule has 16 aromatic carbocycles. The molecule has 7 aromatic heterocycles. The Labute approximate surface area is 559 Å². The van der Waals surface area contributed by atoms with E-state index in [9.17, 15) is 0 Å². The van der Waals surface area contributed by atoms with Crippen LogP contribution in [-0.4, -0.2) is 13.7 Å². The fourth-order valence-corrected chi connectivity index (χ4v) is 19.4. The van der Waals surface area contributed by atoms with Crippen molar-refractivity contribution in [2.24, 2.45) is 0 Å². The van der Waals surface area contributed by atoms with Gasteiger partial charge in [-0.05, 0) is 146 Å². The second-order valence-corrected chi connectivity index (χ2v) is 28.3. The predicted molar refractivity (Wildman–Crippen MR) is 413 cm³/mol. The Morgan fingerprint density at radius 3 is 1.05 bits per heavy atom. The molecule has 7 heteroatoms. The standard InChI is InChI=1S/C90H49N3O2S2/c1-2-19-57-55(17-1)56-18-3-4-20-58(56)72-45-52(35-40-59(57)72)93-77-49-71(51-34-39-65-67-42-37-54(47-84(67)97-82(65)44-51)92-75-29-13-7-23-62(75)63-24-8-14-30-76(63)92)89-86(69-26-10-16-32-80(69)94-89)87(77)88-78(93)48-70(85-68-25-9-15-31-79(68)95-90(85)88)50-33-38-64-66-41-36-53(46-83(66)96-81(64)43-50)91-73-27-11-5-21-60(73)61-22-6-12-28-74(61)91/h1-49H. The van der Waals surface area contributed by atoms with Crippen LogP contribution in [0, 0.1) is 0 Å². The number of furan rings is 2. The quantitative estimate of drug-likeness (QED) is 0.161. The molecule has 0 aliphatic heterocycles. The summed E-state index contributed by atoms with van der Waals surface area (Å²) in [6.45, 7) is 0. The van der Waals surface area contributed by atoms with Gasteiger partial charge in [0, 0.05) is 111 Å². The van der Waals surface area contributed by atoms with E-state index in [1.165, 1.54) is 116 Å². The molecule has 23 aromatic rings. The molecule has 0 bridgehead atoms. The second-order valence-electron chi connectivity index (χ2n) is 26.1. The third-order valence-corrected chi connectivity index (χ3v) is 23.4. The van der Waals surface area contributed by atoms with Crippen LogP contribution in [-0.2, 0) is 0 Å². The highest BCUT2D eigenvalue weighted by molar-refractivity contribution is 7.26. The van der Waals surface area contributed by atoms with Crippen molar-refractivity contribution in [2.45, 2.75) is 0 Å². The zero-order valence-electron chi connectivity index (χ0n) is 51.8. The van der Waals surface area contributed by atoms with Crippen molar-refractivity contribution in [3.8, 4) is 39.3 Å². The summed E-state index contributed by atoms with van der Waals surface area (Å²) < 4.78 is 27.1. The van der Waals surface area contributed by atoms with Crippen molar-refractivity contribution in [3.63, 3.8) is 0 Å². The third kappa shape index (κ3) is 7.10. The van der Waals surface area contributed by atoms with Crippen molar-refractivity contribution in [3.05, 3.63) is 297 Å². The predicted octanol–water partition coefficient (Wildman–Crippen LogP) is 26.3. The van der Waals surface area contributed by atoms with Gasteiger partial charge in [-0.2, -0.15) is 0 Å². The van der Waals surface area contributed by atoms with E-state index < -0.39 is 0 Å². The molecule has 0 radical (unpaired) electrons. The molecule has 0 unspecified atom stereocenters. The van der Waals surface area contributed by atoms with Gasteiger partial charge in [0.05, 0.1) is 38.5 Å². The number of hydrogen-bond donors (Lipinski definition) is 0. The number of para-hydroxylation sites is 6. The summed E-state index contributed by atoms with van der Waals surface area (Å²) >= 11 is 3.72. The summed E-state index contributed by atoms with van der Waals surface area (Å²) in [6.07, 6.45) is 0. The van der Waals surface area contributed by atoms with Crippen molar-refractivity contribution < 1.29 is 8.83 Å². The average molecular weight is 1270 g/mol. The van der Waals surface area contributed by atoms with E-state index in [-0.39, 0.29) is 0 Å². The molecular weight excluding hydrogens is 1220 g/mol. The highest BCUT2D eigenvalue weighted by Gasteiger charge is 2.29. The zero-order chi connectivity index (χ0) is 62.9. The number of hydrogen-bond acceptors (Lipinski definition) is 4. The van der Waals surface area contributed by atoms with E-state index in [2.05, 4.69) is 311 Å². The number of fused-ring (bicyclic) bond motifs is 29. The molecule has 0 aliphatic rings. The highest BCUT2D eigenvalue weighted by Crippen LogP contribution is 2.53. The van der Waals surface area contributed by atoms with Crippen molar-refractivity contribution in [1.82, 2.24) is 13.7 Å². The molecule has 0 spiro atoms. The molecule has 7 heterocycles. The lowest BCUT2D eigenvalue weighted by atomic mass is 9.94. The molecule has 0 amide bonds. The average Bonchev–Trinajstić information content (AvgIpc) is 1.53. The lowest BCUT2D eigenvalue weighted by Crippen LogP contribution is -1.96. The number of benzene rings is 16. The lowest BCUT2D eigenvalue weighted by molar-refractivity contribution is 0.670. The molecule has 0 atom stereocenters. The molecule has 0 N–H and O–H groups in total. The molecule has 0 aliphatic carbocycles. The van der Waals surface area contributed by atoms with Gasteiger partial charge in [-0.25, -0.2) is 0 Å². The Bertz CT molecular complexity index is 7320. The van der Waals surface area contributed by atoms with Crippen molar-refractivity contribution >= 4 is 205 Å². The maximum atomic E-state index is 7.47. The lowest BCUT2D eigenvalue weighted by Gasteiger charge is -2.15. The van der Waals surface area contributed by atoms with Gasteiger partial charge >= 0.3 is 0 Å². The molecule has 5 nitrogen and oxygen atoms in total. The molecular formula is C90H49N3O2S2. The fourth-order valence-electron chi connectivity index (χ4n) is 17.1. The van der Waals surface area contributed by atoms with E-state index in [1.807, 2.05) is 22.7 Å². The number of nitrogens with zero attached hydrogens (tertiary/aromatic N) is 3. The van der Waals surface area contributed by atoms with Crippen LogP contribution in [0.1, 0.15) is 0 Å². The molecule has 448 valence electrons. The SMILES string of the molecule is c1ccc2c(c1)oc1c2c(-c2ccc3c(c2)sc2cc(-n4c5ccccc5c5ccccc54)ccc23)cc2c1c1c3c(oc4ccccc43)c(-c3ccc4c(c3)sc3cc(-n5c6ccccc6c6ccccc65)ccc34)cc1n2-c1ccc2c3ccccc3c3ccccc3c2c1. The van der Waals surface area contributed by atoms with Gasteiger partial charge in [0.25, 0.3) is 0 Å². The van der Waals surface area contributed by atoms with Gasteiger partial charge in [-0.1, -0.05) is 200 Å². The largest absolute Gasteiger partial charge is 0.455 e. The van der Waals surface area contributed by atoms with Crippen LogP contribution in [0.25, 0.3) is 221 Å². The first kappa shape index (κ1) is 52.2. The van der Waals surface area contributed by atoms with Gasteiger partial charge in [-0.3, -0.25) is 0 Å². The Morgan fingerprint density at radius 1 is 0.206 bits per heavy atom. The summed E-state index contributed by atoms with van der Waals surface area (Å²) in [4.78, 5) is 0. The van der Waals surface area contributed by atoms with Gasteiger partial charge in [0.15, 0.2) is 0 Å². The summed E-state index contributed by atoms with van der Waals surface area (Å²) in [5.74, 6) is 0. The Balaban J connectivity index is 0.795. The van der Waals surface area contributed by atoms with Crippen molar-refractivity contribution in [1.29, 1.82) is 0 Å². The van der Waals surface area contributed by atoms with E-state index >= 15 is 0 Å². The van der Waals surface area contributed by atoms with E-state index in [0.717, 1.165) is 105 Å². The minimum Gasteiger partial charge on any atom is -0.455 e. The number of rotatable bonds is 5. The smallest absolute Gasteiger partial charge is 0.146 e. The molecule has 23 rings (SSSR count). The molecule has 0 fully saturated rings. The van der Waals surface area contributed by atoms with E-state index in [1.54, 1.807) is 0 Å². The van der Waals surface area contributed by atoms with Crippen LogP contribution in [0.2, 0.25) is 0 Å². The first-order valence-corrected chi connectivity index (χ1v) is 34.7. The Hall–Kier alpha value is -12.3.